The lowest BCUT2D eigenvalue weighted by molar-refractivity contribution is 0.687. The molecular formula is C14H19ClIN3. The molecule has 1 aliphatic carbocycles. The van der Waals surface area contributed by atoms with Crippen LogP contribution in [0.3, 0.4) is 0 Å². The molecular weight excluding hydrogens is 373 g/mol. The van der Waals surface area contributed by atoms with E-state index in [-0.39, 0.29) is 24.0 Å². The van der Waals surface area contributed by atoms with E-state index in [0.717, 1.165) is 18.5 Å². The van der Waals surface area contributed by atoms with Crippen LogP contribution in [0.2, 0.25) is 0 Å². The molecule has 0 heterocycles. The van der Waals surface area contributed by atoms with E-state index in [1.54, 1.807) is 0 Å². The number of hydrogen-bond acceptors (Lipinski definition) is 1. The topological polar surface area (TPSA) is 50.4 Å². The van der Waals surface area contributed by atoms with Gasteiger partial charge in [-0.2, -0.15) is 0 Å². The van der Waals surface area contributed by atoms with Crippen LogP contribution in [-0.4, -0.2) is 12.5 Å². The molecule has 1 aliphatic rings. The third-order valence-corrected chi connectivity index (χ3v) is 3.20. The van der Waals surface area contributed by atoms with Gasteiger partial charge in [0, 0.05) is 10.7 Å². The Balaban J connectivity index is 0.00000180. The molecule has 0 saturated heterocycles. The van der Waals surface area contributed by atoms with Crippen LogP contribution in [0.25, 0.3) is 0 Å². The number of guanidine groups is 1. The summed E-state index contributed by atoms with van der Waals surface area (Å²) < 4.78 is 0. The first-order valence-electron chi connectivity index (χ1n) is 6.18. The zero-order chi connectivity index (χ0) is 13.0. The number of nitrogens with one attached hydrogen (secondary N) is 1. The Labute approximate surface area is 136 Å². The summed E-state index contributed by atoms with van der Waals surface area (Å²) in [4.78, 5) is 4.12. The Morgan fingerprint density at radius 1 is 1.37 bits per heavy atom. The van der Waals surface area contributed by atoms with Gasteiger partial charge in [0.25, 0.3) is 0 Å². The predicted octanol–water partition coefficient (Wildman–Crippen LogP) is 3.66. The summed E-state index contributed by atoms with van der Waals surface area (Å²) in [7, 11) is 0. The van der Waals surface area contributed by atoms with Crippen LogP contribution < -0.4 is 11.1 Å². The van der Waals surface area contributed by atoms with Gasteiger partial charge in [0.15, 0.2) is 5.96 Å². The van der Waals surface area contributed by atoms with E-state index in [4.69, 9.17) is 17.3 Å². The van der Waals surface area contributed by atoms with E-state index in [9.17, 15) is 0 Å². The molecule has 0 radical (unpaired) electrons. The highest BCUT2D eigenvalue weighted by Crippen LogP contribution is 2.27. The van der Waals surface area contributed by atoms with Gasteiger partial charge >= 0.3 is 0 Å². The molecule has 0 bridgehead atoms. The van der Waals surface area contributed by atoms with Gasteiger partial charge in [-0.1, -0.05) is 30.3 Å². The Bertz CT molecular complexity index is 486. The largest absolute Gasteiger partial charge is 0.370 e. The second kappa shape index (κ2) is 7.75. The zero-order valence-corrected chi connectivity index (χ0v) is 13.9. The van der Waals surface area contributed by atoms with Crippen LogP contribution in [0.15, 0.2) is 34.8 Å². The van der Waals surface area contributed by atoms with Crippen molar-refractivity contribution in [3.05, 3.63) is 40.9 Å². The second-order valence-corrected chi connectivity index (χ2v) is 5.03. The van der Waals surface area contributed by atoms with E-state index in [1.165, 1.54) is 24.0 Å². The first-order valence-corrected chi connectivity index (χ1v) is 6.55. The summed E-state index contributed by atoms with van der Waals surface area (Å²) in [5, 5.41) is 3.63. The molecule has 0 atom stereocenters. The molecule has 5 heteroatoms. The molecule has 0 saturated carbocycles. The molecule has 1 aromatic rings. The van der Waals surface area contributed by atoms with Crippen LogP contribution in [0.5, 0.6) is 0 Å². The Morgan fingerprint density at radius 3 is 2.84 bits per heavy atom. The molecule has 0 unspecified atom stereocenters. The highest BCUT2D eigenvalue weighted by Gasteiger charge is 2.12. The summed E-state index contributed by atoms with van der Waals surface area (Å²) in [6.45, 7) is 3.92. The van der Waals surface area contributed by atoms with E-state index < -0.39 is 0 Å². The molecule has 0 aromatic heterocycles. The minimum atomic E-state index is 0. The highest BCUT2D eigenvalue weighted by atomic mass is 127. The van der Waals surface area contributed by atoms with E-state index >= 15 is 0 Å². The third kappa shape index (κ3) is 4.69. The van der Waals surface area contributed by atoms with Crippen LogP contribution in [0.1, 0.15) is 24.0 Å². The van der Waals surface area contributed by atoms with Crippen molar-refractivity contribution in [3.8, 4) is 0 Å². The van der Waals surface area contributed by atoms with Gasteiger partial charge in [-0.25, -0.2) is 4.99 Å². The summed E-state index contributed by atoms with van der Waals surface area (Å²) in [6.07, 6.45) is 4.77. The first-order chi connectivity index (χ1) is 8.66. The molecule has 0 spiro atoms. The number of halogens is 2. The molecule has 0 aliphatic heterocycles. The normalized spacial score (nSPS) is 14.3. The van der Waals surface area contributed by atoms with Crippen molar-refractivity contribution in [1.82, 2.24) is 0 Å². The number of anilines is 1. The maximum atomic E-state index is 5.83. The molecule has 3 nitrogen and oxygen atoms in total. The number of hydrogen-bond donors (Lipinski definition) is 2. The number of nitrogens with two attached hydrogens (primary N) is 1. The molecule has 3 N–H and O–H groups in total. The minimum absolute atomic E-state index is 0. The fourth-order valence-corrected chi connectivity index (χ4v) is 2.31. The molecule has 1 aromatic carbocycles. The Kier molecular flexibility index (Phi) is 6.65. The fourth-order valence-electron chi connectivity index (χ4n) is 2.25. The average Bonchev–Trinajstić information content (AvgIpc) is 2.37. The maximum absolute atomic E-state index is 5.83. The predicted molar refractivity (Wildman–Crippen MR) is 93.6 cm³/mol. The standard InChI is InChI=1S/C14H18ClN3.HI/c1-10(15)9-17-14(16)18-13-8-4-6-11-5-2-3-7-12(11)13;/h4,6,8H,1-3,5,7,9H2,(H3,16,17,18);1H. The van der Waals surface area contributed by atoms with Crippen molar-refractivity contribution in [2.45, 2.75) is 25.7 Å². The summed E-state index contributed by atoms with van der Waals surface area (Å²) in [5.74, 6) is 0.385. The van der Waals surface area contributed by atoms with Crippen molar-refractivity contribution in [3.63, 3.8) is 0 Å². The highest BCUT2D eigenvalue weighted by molar-refractivity contribution is 14.0. The summed E-state index contributed by atoms with van der Waals surface area (Å²) in [6, 6.07) is 6.29. The maximum Gasteiger partial charge on any atom is 0.193 e. The number of fused-ring (bicyclic) bond motifs is 1. The van der Waals surface area contributed by atoms with Crippen LogP contribution >= 0.6 is 35.6 Å². The van der Waals surface area contributed by atoms with Gasteiger partial charge in [0.1, 0.15) is 0 Å². The van der Waals surface area contributed by atoms with Crippen molar-refractivity contribution in [1.29, 1.82) is 0 Å². The molecule has 0 fully saturated rings. The number of nitrogens with zero attached hydrogens (tertiary/aromatic N) is 1. The quantitative estimate of drug-likeness (QED) is 0.469. The SMILES string of the molecule is C=C(Cl)CN=C(N)Nc1cccc2c1CCCC2.I. The number of aryl methyl sites for hydroxylation is 1. The monoisotopic (exact) mass is 391 g/mol. The number of benzene rings is 1. The number of rotatable bonds is 3. The van der Waals surface area contributed by atoms with Gasteiger partial charge in [-0.15, -0.1) is 24.0 Å². The van der Waals surface area contributed by atoms with Gasteiger partial charge in [-0.05, 0) is 42.9 Å². The van der Waals surface area contributed by atoms with E-state index in [1.807, 2.05) is 6.07 Å². The Morgan fingerprint density at radius 2 is 2.11 bits per heavy atom. The van der Waals surface area contributed by atoms with Gasteiger partial charge in [-0.3, -0.25) is 0 Å². The first kappa shape index (κ1) is 16.3. The fraction of sp³-hybridized carbons (Fsp3) is 0.357. The zero-order valence-electron chi connectivity index (χ0n) is 10.8. The lowest BCUT2D eigenvalue weighted by Gasteiger charge is -2.19. The summed E-state index contributed by atoms with van der Waals surface area (Å²) >= 11 is 5.66. The molecule has 104 valence electrons. The van der Waals surface area contributed by atoms with Crippen LogP contribution in [0.4, 0.5) is 5.69 Å². The van der Waals surface area contributed by atoms with Crippen molar-refractivity contribution < 1.29 is 0 Å². The summed E-state index contributed by atoms with van der Waals surface area (Å²) in [5.41, 5.74) is 9.67. The van der Waals surface area contributed by atoms with E-state index in [2.05, 4.69) is 29.0 Å². The molecule has 0 amide bonds. The molecule has 19 heavy (non-hydrogen) atoms. The number of aliphatic imine (C=N–C) groups is 1. The second-order valence-electron chi connectivity index (χ2n) is 4.49. The van der Waals surface area contributed by atoms with Gasteiger partial charge < -0.3 is 11.1 Å². The average molecular weight is 392 g/mol. The molecule has 2 rings (SSSR count). The van der Waals surface area contributed by atoms with Crippen molar-refractivity contribution in [2.75, 3.05) is 11.9 Å². The smallest absolute Gasteiger partial charge is 0.193 e. The lowest BCUT2D eigenvalue weighted by Crippen LogP contribution is -2.24. The van der Waals surface area contributed by atoms with Gasteiger partial charge in [0.2, 0.25) is 0 Å². The Hall–Kier alpha value is -0.750. The van der Waals surface area contributed by atoms with Gasteiger partial charge in [0.05, 0.1) is 6.54 Å². The van der Waals surface area contributed by atoms with Crippen LogP contribution in [-0.2, 0) is 12.8 Å². The lowest BCUT2D eigenvalue weighted by atomic mass is 9.90. The van der Waals surface area contributed by atoms with Crippen molar-refractivity contribution in [2.24, 2.45) is 10.7 Å². The third-order valence-electron chi connectivity index (χ3n) is 3.08. The van der Waals surface area contributed by atoms with Crippen molar-refractivity contribution >= 4 is 47.2 Å². The van der Waals surface area contributed by atoms with E-state index in [0.29, 0.717) is 17.5 Å². The minimum Gasteiger partial charge on any atom is -0.370 e. The van der Waals surface area contributed by atoms with Crippen LogP contribution in [0, 0.1) is 0 Å².